The van der Waals surface area contributed by atoms with E-state index in [1.54, 1.807) is 7.11 Å². The summed E-state index contributed by atoms with van der Waals surface area (Å²) < 4.78 is 5.17. The van der Waals surface area contributed by atoms with E-state index in [9.17, 15) is 0 Å². The Balaban J connectivity index is 2.27. The highest BCUT2D eigenvalue weighted by Gasteiger charge is 2.17. The van der Waals surface area contributed by atoms with E-state index < -0.39 is 0 Å². The topological polar surface area (TPSA) is 35.2 Å². The fraction of sp³-hybridized carbons (Fsp3) is 0.294. The highest BCUT2D eigenvalue weighted by Crippen LogP contribution is 2.26. The predicted octanol–water partition coefficient (Wildman–Crippen LogP) is 3.60. The Bertz CT molecular complexity index is 526. The van der Waals surface area contributed by atoms with Crippen molar-refractivity contribution in [2.45, 2.75) is 19.3 Å². The Hall–Kier alpha value is -1.80. The molecule has 19 heavy (non-hydrogen) atoms. The van der Waals surface area contributed by atoms with Gasteiger partial charge >= 0.3 is 0 Å². The SMILES string of the molecule is COc1ccc(-c2ccc(C(C)(C)CN)cc2)cc1. The molecule has 0 fully saturated rings. The van der Waals surface area contributed by atoms with Gasteiger partial charge < -0.3 is 10.5 Å². The van der Waals surface area contributed by atoms with Gasteiger partial charge in [0.05, 0.1) is 7.11 Å². The van der Waals surface area contributed by atoms with E-state index in [0.29, 0.717) is 6.54 Å². The van der Waals surface area contributed by atoms with Crippen LogP contribution in [0, 0.1) is 0 Å². The Morgan fingerprint density at radius 3 is 1.79 bits per heavy atom. The standard InChI is InChI=1S/C17H21NO/c1-17(2,12-18)15-8-4-13(5-9-15)14-6-10-16(19-3)11-7-14/h4-11H,12,18H2,1-3H3. The molecule has 0 aliphatic rings. The molecule has 2 nitrogen and oxygen atoms in total. The third-order valence-electron chi connectivity index (χ3n) is 3.60. The number of rotatable bonds is 4. The van der Waals surface area contributed by atoms with Gasteiger partial charge in [-0.3, -0.25) is 0 Å². The van der Waals surface area contributed by atoms with Crippen molar-refractivity contribution in [3.8, 4) is 16.9 Å². The van der Waals surface area contributed by atoms with E-state index in [1.807, 2.05) is 12.1 Å². The van der Waals surface area contributed by atoms with Gasteiger partial charge in [-0.1, -0.05) is 50.2 Å². The van der Waals surface area contributed by atoms with E-state index in [1.165, 1.54) is 16.7 Å². The van der Waals surface area contributed by atoms with Gasteiger partial charge in [-0.15, -0.1) is 0 Å². The van der Waals surface area contributed by atoms with Crippen LogP contribution in [0.15, 0.2) is 48.5 Å². The van der Waals surface area contributed by atoms with Crippen LogP contribution >= 0.6 is 0 Å². The van der Waals surface area contributed by atoms with Gasteiger partial charge in [0.2, 0.25) is 0 Å². The lowest BCUT2D eigenvalue weighted by Gasteiger charge is -2.23. The third-order valence-corrected chi connectivity index (χ3v) is 3.60. The van der Waals surface area contributed by atoms with Crippen molar-refractivity contribution in [1.82, 2.24) is 0 Å². The predicted molar refractivity (Wildman–Crippen MR) is 80.5 cm³/mol. The smallest absolute Gasteiger partial charge is 0.118 e. The molecule has 0 atom stereocenters. The number of hydrogen-bond donors (Lipinski definition) is 1. The fourth-order valence-electron chi connectivity index (χ4n) is 2.02. The van der Waals surface area contributed by atoms with Crippen LogP contribution in [0.1, 0.15) is 19.4 Å². The summed E-state index contributed by atoms with van der Waals surface area (Å²) in [7, 11) is 1.68. The molecule has 2 rings (SSSR count). The minimum atomic E-state index is 0.0262. The molecular formula is C17H21NO. The van der Waals surface area contributed by atoms with Gasteiger partial charge in [0.25, 0.3) is 0 Å². The fourth-order valence-corrected chi connectivity index (χ4v) is 2.02. The van der Waals surface area contributed by atoms with Crippen molar-refractivity contribution in [3.63, 3.8) is 0 Å². The lowest BCUT2D eigenvalue weighted by Crippen LogP contribution is -2.27. The van der Waals surface area contributed by atoms with Crippen molar-refractivity contribution >= 4 is 0 Å². The summed E-state index contributed by atoms with van der Waals surface area (Å²) in [4.78, 5) is 0. The largest absolute Gasteiger partial charge is 0.497 e. The molecule has 2 heteroatoms. The second kappa shape index (κ2) is 5.45. The molecule has 0 saturated heterocycles. The van der Waals surface area contributed by atoms with E-state index >= 15 is 0 Å². The zero-order valence-corrected chi connectivity index (χ0v) is 11.8. The molecular weight excluding hydrogens is 234 g/mol. The van der Waals surface area contributed by atoms with Crippen LogP contribution in [0.25, 0.3) is 11.1 Å². The Morgan fingerprint density at radius 2 is 1.37 bits per heavy atom. The third kappa shape index (κ3) is 2.96. The lowest BCUT2D eigenvalue weighted by molar-refractivity contribution is 0.415. The van der Waals surface area contributed by atoms with Gasteiger partial charge in [-0.25, -0.2) is 0 Å². The maximum absolute atomic E-state index is 5.81. The van der Waals surface area contributed by atoms with Crippen molar-refractivity contribution in [2.24, 2.45) is 5.73 Å². The average molecular weight is 255 g/mol. The number of ether oxygens (including phenoxy) is 1. The molecule has 2 aromatic rings. The number of methoxy groups -OCH3 is 1. The molecule has 100 valence electrons. The molecule has 0 aromatic heterocycles. The van der Waals surface area contributed by atoms with Crippen LogP contribution in [-0.2, 0) is 5.41 Å². The summed E-state index contributed by atoms with van der Waals surface area (Å²) >= 11 is 0. The second-order valence-corrected chi connectivity index (χ2v) is 5.39. The molecule has 0 bridgehead atoms. The second-order valence-electron chi connectivity index (χ2n) is 5.39. The number of nitrogens with two attached hydrogens (primary N) is 1. The van der Waals surface area contributed by atoms with Crippen molar-refractivity contribution < 1.29 is 4.74 Å². The molecule has 0 unspecified atom stereocenters. The van der Waals surface area contributed by atoms with Gasteiger partial charge in [0.1, 0.15) is 5.75 Å². The minimum absolute atomic E-state index is 0.0262. The molecule has 0 saturated carbocycles. The maximum Gasteiger partial charge on any atom is 0.118 e. The lowest BCUT2D eigenvalue weighted by atomic mass is 9.84. The molecule has 0 aliphatic carbocycles. The van der Waals surface area contributed by atoms with Crippen LogP contribution in [0.2, 0.25) is 0 Å². The normalized spacial score (nSPS) is 11.4. The molecule has 0 amide bonds. The summed E-state index contributed by atoms with van der Waals surface area (Å²) in [6, 6.07) is 16.7. The number of hydrogen-bond acceptors (Lipinski definition) is 2. The average Bonchev–Trinajstić information content (AvgIpc) is 2.47. The maximum atomic E-state index is 5.81. The van der Waals surface area contributed by atoms with E-state index in [2.05, 4.69) is 50.2 Å². The van der Waals surface area contributed by atoms with Crippen molar-refractivity contribution in [2.75, 3.05) is 13.7 Å². The van der Waals surface area contributed by atoms with Crippen LogP contribution < -0.4 is 10.5 Å². The monoisotopic (exact) mass is 255 g/mol. The van der Waals surface area contributed by atoms with E-state index in [4.69, 9.17) is 10.5 Å². The van der Waals surface area contributed by atoms with Crippen LogP contribution in [-0.4, -0.2) is 13.7 Å². The summed E-state index contributed by atoms with van der Waals surface area (Å²) in [5.41, 5.74) is 9.50. The van der Waals surface area contributed by atoms with Crippen LogP contribution in [0.3, 0.4) is 0 Å². The van der Waals surface area contributed by atoms with Gasteiger partial charge in [0, 0.05) is 12.0 Å². The van der Waals surface area contributed by atoms with Crippen LogP contribution in [0.5, 0.6) is 5.75 Å². The van der Waals surface area contributed by atoms with Crippen LogP contribution in [0.4, 0.5) is 0 Å². The molecule has 0 radical (unpaired) electrons. The first-order valence-corrected chi connectivity index (χ1v) is 6.52. The zero-order valence-electron chi connectivity index (χ0n) is 11.8. The first-order valence-electron chi connectivity index (χ1n) is 6.52. The zero-order chi connectivity index (χ0) is 13.9. The summed E-state index contributed by atoms with van der Waals surface area (Å²) in [6.45, 7) is 4.97. The summed E-state index contributed by atoms with van der Waals surface area (Å²) in [6.07, 6.45) is 0. The molecule has 2 N–H and O–H groups in total. The van der Waals surface area contributed by atoms with Gasteiger partial charge in [-0.05, 0) is 28.8 Å². The van der Waals surface area contributed by atoms with Crippen molar-refractivity contribution in [1.29, 1.82) is 0 Å². The summed E-state index contributed by atoms with van der Waals surface area (Å²) in [5.74, 6) is 0.879. The Kier molecular flexibility index (Phi) is 3.91. The quantitative estimate of drug-likeness (QED) is 0.906. The van der Waals surface area contributed by atoms with E-state index in [0.717, 1.165) is 5.75 Å². The minimum Gasteiger partial charge on any atom is -0.497 e. The molecule has 2 aromatic carbocycles. The highest BCUT2D eigenvalue weighted by molar-refractivity contribution is 5.64. The molecule has 0 spiro atoms. The van der Waals surface area contributed by atoms with Crippen molar-refractivity contribution in [3.05, 3.63) is 54.1 Å². The first kappa shape index (κ1) is 13.6. The van der Waals surface area contributed by atoms with Gasteiger partial charge in [-0.2, -0.15) is 0 Å². The number of benzene rings is 2. The van der Waals surface area contributed by atoms with Gasteiger partial charge in [0.15, 0.2) is 0 Å². The molecule has 0 aliphatic heterocycles. The summed E-state index contributed by atoms with van der Waals surface area (Å²) in [5, 5.41) is 0. The Labute approximate surface area is 115 Å². The first-order chi connectivity index (χ1) is 9.06. The Morgan fingerprint density at radius 1 is 0.895 bits per heavy atom. The highest BCUT2D eigenvalue weighted by atomic mass is 16.5. The van der Waals surface area contributed by atoms with E-state index in [-0.39, 0.29) is 5.41 Å². The molecule has 0 heterocycles.